The van der Waals surface area contributed by atoms with Gasteiger partial charge >= 0.3 is 0 Å². The Morgan fingerprint density at radius 1 is 1.35 bits per heavy atom. The van der Waals surface area contributed by atoms with E-state index in [4.69, 9.17) is 4.74 Å². The predicted molar refractivity (Wildman–Crippen MR) is 86.8 cm³/mol. The van der Waals surface area contributed by atoms with Gasteiger partial charge in [0.1, 0.15) is 17.4 Å². The average molecular weight is 315 g/mol. The predicted octanol–water partition coefficient (Wildman–Crippen LogP) is 3.14. The molecule has 23 heavy (non-hydrogen) atoms. The van der Waals surface area contributed by atoms with E-state index in [1.807, 2.05) is 6.20 Å². The first-order valence-corrected chi connectivity index (χ1v) is 8.08. The molecule has 0 N–H and O–H groups in total. The Labute approximate surface area is 136 Å². The number of benzene rings is 1. The fourth-order valence-corrected chi connectivity index (χ4v) is 2.94. The van der Waals surface area contributed by atoms with Crippen LogP contribution >= 0.6 is 0 Å². The Hall–Kier alpha value is -2.01. The molecule has 0 fully saturated rings. The monoisotopic (exact) mass is 315 g/mol. The summed E-state index contributed by atoms with van der Waals surface area (Å²) >= 11 is 0. The number of nitrogens with zero attached hydrogens (tertiary/aromatic N) is 3. The summed E-state index contributed by atoms with van der Waals surface area (Å²) in [4.78, 5) is 11.3. The van der Waals surface area contributed by atoms with Crippen molar-refractivity contribution in [3.05, 3.63) is 52.9 Å². The van der Waals surface area contributed by atoms with E-state index in [9.17, 15) is 4.39 Å². The Morgan fingerprint density at radius 3 is 3.00 bits per heavy atom. The van der Waals surface area contributed by atoms with Crippen molar-refractivity contribution in [3.63, 3.8) is 0 Å². The fourth-order valence-electron chi connectivity index (χ4n) is 2.94. The first-order valence-electron chi connectivity index (χ1n) is 8.08. The lowest BCUT2D eigenvalue weighted by Crippen LogP contribution is -2.31. The van der Waals surface area contributed by atoms with Gasteiger partial charge in [0, 0.05) is 55.5 Å². The largest absolute Gasteiger partial charge is 0.497 e. The minimum Gasteiger partial charge on any atom is -0.497 e. The number of ether oxygens (including phenoxy) is 1. The van der Waals surface area contributed by atoms with Crippen molar-refractivity contribution >= 4 is 0 Å². The van der Waals surface area contributed by atoms with Crippen LogP contribution in [-0.2, 0) is 25.9 Å². The van der Waals surface area contributed by atoms with E-state index in [1.54, 1.807) is 19.2 Å². The van der Waals surface area contributed by atoms with E-state index in [0.717, 1.165) is 49.4 Å². The highest BCUT2D eigenvalue weighted by Gasteiger charge is 2.19. The fraction of sp³-hybridized carbons (Fsp3) is 0.444. The van der Waals surface area contributed by atoms with Gasteiger partial charge in [0.05, 0.1) is 7.11 Å². The van der Waals surface area contributed by atoms with Gasteiger partial charge in [-0.2, -0.15) is 0 Å². The molecule has 0 spiro atoms. The van der Waals surface area contributed by atoms with Crippen LogP contribution in [-0.4, -0.2) is 28.5 Å². The van der Waals surface area contributed by atoms with Crippen molar-refractivity contribution in [2.24, 2.45) is 0 Å². The zero-order chi connectivity index (χ0) is 16.2. The van der Waals surface area contributed by atoms with Crippen molar-refractivity contribution < 1.29 is 9.13 Å². The van der Waals surface area contributed by atoms with Crippen LogP contribution in [0.1, 0.15) is 36.0 Å². The highest BCUT2D eigenvalue weighted by Crippen LogP contribution is 2.22. The van der Waals surface area contributed by atoms with Gasteiger partial charge in [-0.3, -0.25) is 4.90 Å². The molecule has 0 saturated heterocycles. The zero-order valence-electron chi connectivity index (χ0n) is 13.7. The standard InChI is InChI=1S/C18H22FN3O/c1-3-4-18-20-10-14-12-22(8-7-17(14)21-18)11-13-9-15(23-2)5-6-16(13)19/h5-6,9-10H,3-4,7-8,11-12H2,1-2H3. The van der Waals surface area contributed by atoms with Crippen molar-refractivity contribution in [1.29, 1.82) is 0 Å². The van der Waals surface area contributed by atoms with Crippen molar-refractivity contribution in [2.75, 3.05) is 13.7 Å². The summed E-state index contributed by atoms with van der Waals surface area (Å²) in [5.41, 5.74) is 2.96. The second-order valence-corrected chi connectivity index (χ2v) is 5.93. The normalized spacial score (nSPS) is 14.6. The minimum absolute atomic E-state index is 0.189. The lowest BCUT2D eigenvalue weighted by molar-refractivity contribution is 0.239. The SMILES string of the molecule is CCCc1ncc2c(n1)CCN(Cc1cc(OC)ccc1F)C2. The van der Waals surface area contributed by atoms with Crippen LogP contribution in [0.2, 0.25) is 0 Å². The summed E-state index contributed by atoms with van der Waals surface area (Å²) < 4.78 is 19.2. The van der Waals surface area contributed by atoms with Gasteiger partial charge in [0.25, 0.3) is 0 Å². The Balaban J connectivity index is 1.72. The van der Waals surface area contributed by atoms with Crippen molar-refractivity contribution in [2.45, 2.75) is 39.3 Å². The maximum Gasteiger partial charge on any atom is 0.128 e. The number of halogens is 1. The Kier molecular flexibility index (Phi) is 4.86. The van der Waals surface area contributed by atoms with E-state index in [0.29, 0.717) is 17.9 Å². The third-order valence-electron chi connectivity index (χ3n) is 4.18. The molecule has 0 aliphatic carbocycles. The third kappa shape index (κ3) is 3.67. The quantitative estimate of drug-likeness (QED) is 0.849. The van der Waals surface area contributed by atoms with Crippen LogP contribution in [0.15, 0.2) is 24.4 Å². The molecule has 0 bridgehead atoms. The first-order chi connectivity index (χ1) is 11.2. The molecule has 4 nitrogen and oxygen atoms in total. The van der Waals surface area contributed by atoms with E-state index in [-0.39, 0.29) is 5.82 Å². The summed E-state index contributed by atoms with van der Waals surface area (Å²) in [5, 5.41) is 0. The molecule has 1 aliphatic rings. The Bertz CT molecular complexity index is 690. The second-order valence-electron chi connectivity index (χ2n) is 5.93. The maximum absolute atomic E-state index is 14.0. The van der Waals surface area contributed by atoms with Crippen LogP contribution < -0.4 is 4.74 Å². The molecule has 2 heterocycles. The highest BCUT2D eigenvalue weighted by atomic mass is 19.1. The van der Waals surface area contributed by atoms with Gasteiger partial charge in [0.2, 0.25) is 0 Å². The molecule has 5 heteroatoms. The average Bonchev–Trinajstić information content (AvgIpc) is 2.57. The van der Waals surface area contributed by atoms with Gasteiger partial charge in [-0.05, 0) is 24.6 Å². The molecule has 1 aliphatic heterocycles. The number of methoxy groups -OCH3 is 1. The van der Waals surface area contributed by atoms with Gasteiger partial charge in [-0.25, -0.2) is 14.4 Å². The lowest BCUT2D eigenvalue weighted by atomic mass is 10.1. The third-order valence-corrected chi connectivity index (χ3v) is 4.18. The maximum atomic E-state index is 14.0. The number of rotatable bonds is 5. The number of fused-ring (bicyclic) bond motifs is 1. The molecule has 0 amide bonds. The summed E-state index contributed by atoms with van der Waals surface area (Å²) in [6, 6.07) is 4.88. The molecule has 3 rings (SSSR count). The van der Waals surface area contributed by atoms with E-state index < -0.39 is 0 Å². The second kappa shape index (κ2) is 7.04. The van der Waals surface area contributed by atoms with Gasteiger partial charge in [-0.15, -0.1) is 0 Å². The smallest absolute Gasteiger partial charge is 0.128 e. The number of aryl methyl sites for hydroxylation is 1. The number of hydrogen-bond acceptors (Lipinski definition) is 4. The number of aromatic nitrogens is 2. The van der Waals surface area contributed by atoms with Crippen molar-refractivity contribution in [3.8, 4) is 5.75 Å². The topological polar surface area (TPSA) is 38.2 Å². The van der Waals surface area contributed by atoms with Gasteiger partial charge < -0.3 is 4.74 Å². The molecule has 1 aromatic heterocycles. The molecular weight excluding hydrogens is 293 g/mol. The molecule has 1 aromatic carbocycles. The summed E-state index contributed by atoms with van der Waals surface area (Å²) in [7, 11) is 1.60. The Morgan fingerprint density at radius 2 is 2.22 bits per heavy atom. The minimum atomic E-state index is -0.189. The van der Waals surface area contributed by atoms with E-state index >= 15 is 0 Å². The van der Waals surface area contributed by atoms with Crippen LogP contribution in [0, 0.1) is 5.82 Å². The van der Waals surface area contributed by atoms with Crippen LogP contribution in [0.3, 0.4) is 0 Å². The van der Waals surface area contributed by atoms with Crippen molar-refractivity contribution in [1.82, 2.24) is 14.9 Å². The molecular formula is C18H22FN3O. The zero-order valence-corrected chi connectivity index (χ0v) is 13.7. The molecule has 0 saturated carbocycles. The van der Waals surface area contributed by atoms with Crippen LogP contribution in [0.5, 0.6) is 5.75 Å². The van der Waals surface area contributed by atoms with Gasteiger partial charge in [0.15, 0.2) is 0 Å². The van der Waals surface area contributed by atoms with Gasteiger partial charge in [-0.1, -0.05) is 6.92 Å². The van der Waals surface area contributed by atoms with Crippen LogP contribution in [0.25, 0.3) is 0 Å². The molecule has 0 radical (unpaired) electrons. The van der Waals surface area contributed by atoms with E-state index in [2.05, 4.69) is 21.8 Å². The summed E-state index contributed by atoms with van der Waals surface area (Å²) in [5.74, 6) is 1.43. The molecule has 2 aromatic rings. The lowest BCUT2D eigenvalue weighted by Gasteiger charge is -2.28. The highest BCUT2D eigenvalue weighted by molar-refractivity contribution is 5.30. The summed E-state index contributed by atoms with van der Waals surface area (Å²) in [6.45, 7) is 4.34. The molecule has 0 atom stereocenters. The van der Waals surface area contributed by atoms with Crippen LogP contribution in [0.4, 0.5) is 4.39 Å². The number of hydrogen-bond donors (Lipinski definition) is 0. The molecule has 122 valence electrons. The first kappa shape index (κ1) is 15.9. The summed E-state index contributed by atoms with van der Waals surface area (Å²) in [6.07, 6.45) is 4.80. The molecule has 0 unspecified atom stereocenters. The van der Waals surface area contributed by atoms with E-state index in [1.165, 1.54) is 6.07 Å².